The maximum Gasteiger partial charge on any atom is 0.107 e. The van der Waals surface area contributed by atoms with Crippen LogP contribution in [0.3, 0.4) is 0 Å². The Hall–Kier alpha value is 1.19. The number of halogens is 5. The quantitative estimate of drug-likeness (QED) is 0.296. The molecule has 0 bridgehead atoms. The third-order valence-corrected chi connectivity index (χ3v) is 6.68. The highest BCUT2D eigenvalue weighted by atomic mass is 127. The van der Waals surface area contributed by atoms with E-state index >= 15 is 0 Å². The summed E-state index contributed by atoms with van der Waals surface area (Å²) in [6, 6.07) is 8.09. The summed E-state index contributed by atoms with van der Waals surface area (Å²) < 4.78 is 3.80. The van der Waals surface area contributed by atoms with Gasteiger partial charge in [0.1, 0.15) is 4.34 Å². The third-order valence-electron chi connectivity index (χ3n) is 2.15. The van der Waals surface area contributed by atoms with Gasteiger partial charge in [-0.15, -0.1) is 22.9 Å². The van der Waals surface area contributed by atoms with Crippen LogP contribution in [0.15, 0.2) is 33.2 Å². The first kappa shape index (κ1) is 14.6. The van der Waals surface area contributed by atoms with Gasteiger partial charge < -0.3 is 0 Å². The van der Waals surface area contributed by atoms with E-state index in [0.717, 1.165) is 27.3 Å². The van der Waals surface area contributed by atoms with E-state index in [4.69, 9.17) is 23.2 Å². The predicted molar refractivity (Wildman–Crippen MR) is 91.6 cm³/mol. The third kappa shape index (κ3) is 3.39. The maximum atomic E-state index is 6.49. The van der Waals surface area contributed by atoms with Gasteiger partial charge in [-0.25, -0.2) is 0 Å². The summed E-state index contributed by atoms with van der Waals surface area (Å²) >= 11 is 23.2. The smallest absolute Gasteiger partial charge is 0.107 e. The Morgan fingerprint density at radius 1 is 1.18 bits per heavy atom. The van der Waals surface area contributed by atoms with Gasteiger partial charge >= 0.3 is 0 Å². The van der Waals surface area contributed by atoms with Crippen molar-refractivity contribution in [3.8, 4) is 0 Å². The summed E-state index contributed by atoms with van der Waals surface area (Å²) in [5.41, 5.74) is 1.06. The summed E-state index contributed by atoms with van der Waals surface area (Å²) in [4.78, 5) is 1.03. The summed E-state index contributed by atoms with van der Waals surface area (Å²) in [5, 5.41) is -0.187. The molecule has 90 valence electrons. The second-order valence-corrected chi connectivity index (χ2v) is 8.38. The van der Waals surface area contributed by atoms with Gasteiger partial charge in [0.15, 0.2) is 0 Å². The van der Waals surface area contributed by atoms with Crippen LogP contribution in [-0.4, -0.2) is 0 Å². The van der Waals surface area contributed by atoms with Crippen LogP contribution in [0.2, 0.25) is 4.34 Å². The normalized spacial score (nSPS) is 12.8. The number of thiophene rings is 1. The summed E-state index contributed by atoms with van der Waals surface area (Å²) in [6.07, 6.45) is 0. The predicted octanol–water partition coefficient (Wildman–Crippen LogP) is 6.86. The van der Waals surface area contributed by atoms with Gasteiger partial charge in [-0.05, 0) is 68.3 Å². The molecule has 0 aliphatic carbocycles. The van der Waals surface area contributed by atoms with Crippen molar-refractivity contribution in [2.45, 2.75) is 5.38 Å². The molecule has 0 saturated heterocycles. The van der Waals surface area contributed by atoms with Crippen LogP contribution in [0.25, 0.3) is 0 Å². The zero-order chi connectivity index (χ0) is 12.6. The summed E-state index contributed by atoms with van der Waals surface area (Å²) in [6.45, 7) is 0. The van der Waals surface area contributed by atoms with Crippen molar-refractivity contribution in [3.05, 3.63) is 51.6 Å². The highest BCUT2D eigenvalue weighted by molar-refractivity contribution is 14.1. The Labute approximate surface area is 144 Å². The van der Waals surface area contributed by atoms with Gasteiger partial charge in [0.05, 0.1) is 5.38 Å². The second-order valence-electron chi connectivity index (χ2n) is 3.30. The topological polar surface area (TPSA) is 0 Å². The zero-order valence-electron chi connectivity index (χ0n) is 8.18. The zero-order valence-corrected chi connectivity index (χ0v) is 15.8. The van der Waals surface area contributed by atoms with Gasteiger partial charge in [0.2, 0.25) is 0 Å². The van der Waals surface area contributed by atoms with Crippen molar-refractivity contribution in [2.75, 3.05) is 0 Å². The van der Waals surface area contributed by atoms with Crippen molar-refractivity contribution in [1.82, 2.24) is 0 Å². The van der Waals surface area contributed by atoms with Crippen LogP contribution >= 0.6 is 89.0 Å². The summed E-state index contributed by atoms with van der Waals surface area (Å²) in [5.74, 6) is 0. The number of hydrogen-bond acceptors (Lipinski definition) is 1. The molecule has 0 fully saturated rings. The molecule has 1 atom stereocenters. The average Bonchev–Trinajstić information content (AvgIpc) is 2.62. The SMILES string of the molecule is Clc1sc(C(Cl)c2cc(I)ccc2Br)cc1Br. The van der Waals surface area contributed by atoms with Crippen LogP contribution in [-0.2, 0) is 0 Å². The van der Waals surface area contributed by atoms with Crippen molar-refractivity contribution in [1.29, 1.82) is 0 Å². The molecule has 1 unspecified atom stereocenters. The van der Waals surface area contributed by atoms with Gasteiger partial charge in [0.25, 0.3) is 0 Å². The van der Waals surface area contributed by atoms with Gasteiger partial charge in [0, 0.05) is 17.4 Å². The van der Waals surface area contributed by atoms with Crippen molar-refractivity contribution in [3.63, 3.8) is 0 Å². The van der Waals surface area contributed by atoms with E-state index in [-0.39, 0.29) is 5.38 Å². The number of benzene rings is 1. The van der Waals surface area contributed by atoms with Crippen molar-refractivity contribution >= 4 is 89.0 Å². The lowest BCUT2D eigenvalue weighted by molar-refractivity contribution is 1.16. The Morgan fingerprint density at radius 2 is 1.88 bits per heavy atom. The molecule has 0 radical (unpaired) electrons. The molecule has 0 aliphatic rings. The maximum absolute atomic E-state index is 6.49. The Morgan fingerprint density at radius 3 is 2.47 bits per heavy atom. The van der Waals surface area contributed by atoms with Gasteiger partial charge in [-0.2, -0.15) is 0 Å². The molecule has 0 aliphatic heterocycles. The Kier molecular flexibility index (Phi) is 5.23. The molecule has 17 heavy (non-hydrogen) atoms. The molecule has 2 aromatic rings. The molecular formula is C11H5Br2Cl2IS. The molecule has 2 rings (SSSR count). The number of hydrogen-bond donors (Lipinski definition) is 0. The largest absolute Gasteiger partial charge is 0.125 e. The number of rotatable bonds is 2. The molecule has 0 nitrogen and oxygen atoms in total. The van der Waals surface area contributed by atoms with Crippen LogP contribution in [0.5, 0.6) is 0 Å². The minimum absolute atomic E-state index is 0.187. The molecule has 1 aromatic carbocycles. The van der Waals surface area contributed by atoms with E-state index in [1.54, 1.807) is 0 Å². The van der Waals surface area contributed by atoms with Crippen LogP contribution in [0.4, 0.5) is 0 Å². The molecule has 1 heterocycles. The first-order chi connectivity index (χ1) is 7.99. The molecule has 1 aromatic heterocycles. The minimum atomic E-state index is -0.187. The fourth-order valence-electron chi connectivity index (χ4n) is 1.35. The molecule has 0 amide bonds. The lowest BCUT2D eigenvalue weighted by atomic mass is 10.1. The van der Waals surface area contributed by atoms with E-state index in [9.17, 15) is 0 Å². The highest BCUT2D eigenvalue weighted by Crippen LogP contribution is 2.42. The molecular weight excluding hydrogens is 522 g/mol. The van der Waals surface area contributed by atoms with E-state index in [0.29, 0.717) is 0 Å². The van der Waals surface area contributed by atoms with E-state index in [1.165, 1.54) is 11.3 Å². The minimum Gasteiger partial charge on any atom is -0.125 e. The molecule has 0 saturated carbocycles. The average molecular weight is 527 g/mol. The fourth-order valence-corrected chi connectivity index (χ4v) is 4.58. The Bertz CT molecular complexity index is 537. The van der Waals surface area contributed by atoms with E-state index < -0.39 is 0 Å². The monoisotopic (exact) mass is 524 g/mol. The first-order valence-electron chi connectivity index (χ1n) is 4.53. The van der Waals surface area contributed by atoms with E-state index in [1.807, 2.05) is 18.2 Å². The van der Waals surface area contributed by atoms with Crippen LogP contribution < -0.4 is 0 Å². The first-order valence-corrected chi connectivity index (χ1v) is 8.82. The lowest BCUT2D eigenvalue weighted by Gasteiger charge is -2.10. The Balaban J connectivity index is 2.42. The standard InChI is InChI=1S/C11H5Br2Cl2IS/c12-7-2-1-5(16)3-6(7)10(14)9-4-8(13)11(15)17-9/h1-4,10H. The van der Waals surface area contributed by atoms with Gasteiger partial charge in [-0.3, -0.25) is 0 Å². The molecule has 6 heteroatoms. The van der Waals surface area contributed by atoms with Crippen molar-refractivity contribution < 1.29 is 0 Å². The van der Waals surface area contributed by atoms with Crippen molar-refractivity contribution in [2.24, 2.45) is 0 Å². The number of alkyl halides is 1. The molecule has 0 N–H and O–H groups in total. The van der Waals surface area contributed by atoms with E-state index in [2.05, 4.69) is 60.5 Å². The molecule has 0 spiro atoms. The second kappa shape index (κ2) is 6.09. The van der Waals surface area contributed by atoms with Gasteiger partial charge in [-0.1, -0.05) is 27.5 Å². The highest BCUT2D eigenvalue weighted by Gasteiger charge is 2.18. The lowest BCUT2D eigenvalue weighted by Crippen LogP contribution is -1.92. The fraction of sp³-hybridized carbons (Fsp3) is 0.0909. The van der Waals surface area contributed by atoms with Crippen LogP contribution in [0, 0.1) is 3.57 Å². The van der Waals surface area contributed by atoms with Crippen LogP contribution in [0.1, 0.15) is 15.8 Å². The summed E-state index contributed by atoms with van der Waals surface area (Å²) in [7, 11) is 0.